The lowest BCUT2D eigenvalue weighted by molar-refractivity contribution is -0.122. The van der Waals surface area contributed by atoms with Crippen molar-refractivity contribution in [3.05, 3.63) is 23.8 Å². The molecule has 0 atom stereocenters. The molecule has 100 valence electrons. The predicted molar refractivity (Wildman–Crippen MR) is 70.3 cm³/mol. The smallest absolute Gasteiger partial charge is 0.258 e. The number of methoxy groups -OCH3 is 1. The van der Waals surface area contributed by atoms with Crippen molar-refractivity contribution in [2.45, 2.75) is 6.92 Å². The molecule has 0 aliphatic rings. The number of terminal acetylenes is 1. The van der Waals surface area contributed by atoms with Crippen molar-refractivity contribution >= 4 is 11.7 Å². The molecule has 0 saturated heterocycles. The Morgan fingerprint density at radius 2 is 2.16 bits per heavy atom. The van der Waals surface area contributed by atoms with Crippen molar-refractivity contribution in [2.24, 2.45) is 0 Å². The number of ether oxygens (including phenoxy) is 2. The largest absolute Gasteiger partial charge is 0.497 e. The number of carbonyl (C=O) groups is 2. The van der Waals surface area contributed by atoms with Gasteiger partial charge >= 0.3 is 0 Å². The Hall–Kier alpha value is -2.48. The SMILES string of the molecule is C#CCNC(=O)COc1cc(OC)ccc1C(C)=O. The Balaban J connectivity index is 2.78. The van der Waals surface area contributed by atoms with Crippen LogP contribution in [0.5, 0.6) is 11.5 Å². The van der Waals surface area contributed by atoms with Crippen LogP contribution in [-0.2, 0) is 4.79 Å². The highest BCUT2D eigenvalue weighted by atomic mass is 16.5. The first kappa shape index (κ1) is 14.6. The third kappa shape index (κ3) is 4.36. The Kier molecular flexibility index (Phi) is 5.42. The van der Waals surface area contributed by atoms with Gasteiger partial charge in [-0.2, -0.15) is 0 Å². The third-order valence-corrected chi connectivity index (χ3v) is 2.31. The molecule has 0 aromatic heterocycles. The molecule has 0 aliphatic heterocycles. The summed E-state index contributed by atoms with van der Waals surface area (Å²) in [7, 11) is 1.51. The van der Waals surface area contributed by atoms with Gasteiger partial charge in [-0.25, -0.2) is 0 Å². The van der Waals surface area contributed by atoms with E-state index in [9.17, 15) is 9.59 Å². The Morgan fingerprint density at radius 3 is 2.74 bits per heavy atom. The number of amides is 1. The van der Waals surface area contributed by atoms with Gasteiger partial charge in [0.1, 0.15) is 11.5 Å². The number of hydrogen-bond acceptors (Lipinski definition) is 4. The van der Waals surface area contributed by atoms with Crippen molar-refractivity contribution in [3.8, 4) is 23.8 Å². The highest BCUT2D eigenvalue weighted by Gasteiger charge is 2.11. The molecule has 0 aliphatic carbocycles. The fourth-order valence-electron chi connectivity index (χ4n) is 1.38. The zero-order chi connectivity index (χ0) is 14.3. The van der Waals surface area contributed by atoms with Gasteiger partial charge < -0.3 is 14.8 Å². The standard InChI is InChI=1S/C14H15NO4/c1-4-7-15-14(17)9-19-13-8-11(18-3)5-6-12(13)10(2)16/h1,5-6,8H,7,9H2,2-3H3,(H,15,17). The van der Waals surface area contributed by atoms with Crippen molar-refractivity contribution < 1.29 is 19.1 Å². The van der Waals surface area contributed by atoms with Gasteiger partial charge in [-0.3, -0.25) is 9.59 Å². The minimum Gasteiger partial charge on any atom is -0.497 e. The summed E-state index contributed by atoms with van der Waals surface area (Å²) in [5.41, 5.74) is 0.394. The molecule has 1 aromatic carbocycles. The van der Waals surface area contributed by atoms with Gasteiger partial charge in [0.2, 0.25) is 0 Å². The van der Waals surface area contributed by atoms with Crippen LogP contribution in [0, 0.1) is 12.3 Å². The number of Topliss-reactive ketones (excluding diaryl/α,β-unsaturated/α-hetero) is 1. The van der Waals surface area contributed by atoms with E-state index in [2.05, 4.69) is 11.2 Å². The molecule has 0 fully saturated rings. The van der Waals surface area contributed by atoms with Crippen LogP contribution < -0.4 is 14.8 Å². The van der Waals surface area contributed by atoms with Gasteiger partial charge in [0, 0.05) is 6.07 Å². The van der Waals surface area contributed by atoms with E-state index in [0.717, 1.165) is 0 Å². The molecular formula is C14H15NO4. The first-order chi connectivity index (χ1) is 9.08. The number of carbonyl (C=O) groups excluding carboxylic acids is 2. The maximum Gasteiger partial charge on any atom is 0.258 e. The Labute approximate surface area is 111 Å². The van der Waals surface area contributed by atoms with E-state index in [-0.39, 0.29) is 24.8 Å². The molecule has 1 amide bonds. The fraction of sp³-hybridized carbons (Fsp3) is 0.286. The van der Waals surface area contributed by atoms with Crippen molar-refractivity contribution in [2.75, 3.05) is 20.3 Å². The lowest BCUT2D eigenvalue weighted by Crippen LogP contribution is -2.29. The zero-order valence-electron chi connectivity index (χ0n) is 10.9. The predicted octanol–water partition coefficient (Wildman–Crippen LogP) is 1.03. The van der Waals surface area contributed by atoms with Crippen molar-refractivity contribution in [3.63, 3.8) is 0 Å². The first-order valence-corrected chi connectivity index (χ1v) is 5.60. The summed E-state index contributed by atoms with van der Waals surface area (Å²) in [6, 6.07) is 4.81. The average Bonchev–Trinajstić information content (AvgIpc) is 2.42. The molecule has 0 heterocycles. The number of ketones is 1. The van der Waals surface area contributed by atoms with Crippen LogP contribution in [0.2, 0.25) is 0 Å². The molecule has 5 nitrogen and oxygen atoms in total. The fourth-order valence-corrected chi connectivity index (χ4v) is 1.38. The number of rotatable bonds is 6. The minimum atomic E-state index is -0.352. The number of nitrogens with one attached hydrogen (secondary N) is 1. The molecule has 0 unspecified atom stereocenters. The van der Waals surface area contributed by atoms with Crippen LogP contribution >= 0.6 is 0 Å². The van der Waals surface area contributed by atoms with E-state index in [0.29, 0.717) is 17.1 Å². The summed E-state index contributed by atoms with van der Waals surface area (Å²) >= 11 is 0. The van der Waals surface area contributed by atoms with Gasteiger partial charge in [0.15, 0.2) is 12.4 Å². The maximum atomic E-state index is 11.4. The molecule has 1 rings (SSSR count). The summed E-state index contributed by atoms with van der Waals surface area (Å²) in [6.07, 6.45) is 5.02. The number of hydrogen-bond donors (Lipinski definition) is 1. The van der Waals surface area contributed by atoms with E-state index in [1.807, 2.05) is 0 Å². The molecule has 0 spiro atoms. The molecule has 0 bridgehead atoms. The van der Waals surface area contributed by atoms with Crippen LogP contribution in [-0.4, -0.2) is 32.0 Å². The quantitative estimate of drug-likeness (QED) is 0.613. The van der Waals surface area contributed by atoms with E-state index >= 15 is 0 Å². The van der Waals surface area contributed by atoms with Gasteiger partial charge in [-0.1, -0.05) is 5.92 Å². The molecule has 1 N–H and O–H groups in total. The normalized spacial score (nSPS) is 9.32. The second-order valence-electron chi connectivity index (χ2n) is 3.69. The van der Waals surface area contributed by atoms with Crippen LogP contribution in [0.15, 0.2) is 18.2 Å². The van der Waals surface area contributed by atoms with Gasteiger partial charge in [0.05, 0.1) is 19.2 Å². The van der Waals surface area contributed by atoms with E-state index in [1.54, 1.807) is 18.2 Å². The lowest BCUT2D eigenvalue weighted by atomic mass is 10.1. The van der Waals surface area contributed by atoms with Crippen LogP contribution in [0.25, 0.3) is 0 Å². The van der Waals surface area contributed by atoms with Gasteiger partial charge in [0.25, 0.3) is 5.91 Å². The van der Waals surface area contributed by atoms with E-state index in [1.165, 1.54) is 14.0 Å². The second kappa shape index (κ2) is 7.07. The Bertz CT molecular complexity index is 517. The van der Waals surface area contributed by atoms with Crippen LogP contribution in [0.1, 0.15) is 17.3 Å². The molecule has 0 radical (unpaired) electrons. The Morgan fingerprint density at radius 1 is 1.42 bits per heavy atom. The van der Waals surface area contributed by atoms with Crippen molar-refractivity contribution in [1.82, 2.24) is 5.32 Å². The molecule has 5 heteroatoms. The van der Waals surface area contributed by atoms with Gasteiger partial charge in [-0.05, 0) is 19.1 Å². The minimum absolute atomic E-state index is 0.139. The van der Waals surface area contributed by atoms with Gasteiger partial charge in [-0.15, -0.1) is 6.42 Å². The molecular weight excluding hydrogens is 246 g/mol. The van der Waals surface area contributed by atoms with E-state index in [4.69, 9.17) is 15.9 Å². The monoisotopic (exact) mass is 261 g/mol. The third-order valence-electron chi connectivity index (χ3n) is 2.31. The average molecular weight is 261 g/mol. The highest BCUT2D eigenvalue weighted by molar-refractivity contribution is 5.97. The van der Waals surface area contributed by atoms with Crippen LogP contribution in [0.3, 0.4) is 0 Å². The zero-order valence-corrected chi connectivity index (χ0v) is 10.9. The number of benzene rings is 1. The molecule has 1 aromatic rings. The molecule has 0 saturated carbocycles. The second-order valence-corrected chi connectivity index (χ2v) is 3.69. The first-order valence-electron chi connectivity index (χ1n) is 5.60. The van der Waals surface area contributed by atoms with Crippen molar-refractivity contribution in [1.29, 1.82) is 0 Å². The topological polar surface area (TPSA) is 64.6 Å². The highest BCUT2D eigenvalue weighted by Crippen LogP contribution is 2.25. The summed E-state index contributed by atoms with van der Waals surface area (Å²) in [4.78, 5) is 22.8. The summed E-state index contributed by atoms with van der Waals surface area (Å²) in [5.74, 6) is 2.63. The summed E-state index contributed by atoms with van der Waals surface area (Å²) < 4.78 is 10.4. The molecule has 19 heavy (non-hydrogen) atoms. The lowest BCUT2D eigenvalue weighted by Gasteiger charge is -2.11. The maximum absolute atomic E-state index is 11.4. The summed E-state index contributed by atoms with van der Waals surface area (Å²) in [6.45, 7) is 1.35. The van der Waals surface area contributed by atoms with E-state index < -0.39 is 0 Å². The summed E-state index contributed by atoms with van der Waals surface area (Å²) in [5, 5.41) is 2.46. The van der Waals surface area contributed by atoms with Crippen LogP contribution in [0.4, 0.5) is 0 Å².